The number of rotatable bonds is 4. The number of aliphatic hydroxyl groups excluding tert-OH is 6. The van der Waals surface area contributed by atoms with Crippen molar-refractivity contribution >= 4 is 11.6 Å². The molecule has 12 aliphatic rings. The van der Waals surface area contributed by atoms with Gasteiger partial charge in [-0.25, -0.2) is 8.78 Å². The van der Waals surface area contributed by atoms with Crippen LogP contribution in [0.25, 0.3) is 0 Å². The van der Waals surface area contributed by atoms with Crippen LogP contribution >= 0.6 is 11.6 Å². The van der Waals surface area contributed by atoms with Crippen molar-refractivity contribution in [1.29, 1.82) is 0 Å². The average molecular weight is 1120 g/mol. The Kier molecular flexibility index (Phi) is 28.2. The molecule has 22 heteroatoms. The number of halogens is 3. The number of aliphatic hydroxyl groups is 6. The van der Waals surface area contributed by atoms with Gasteiger partial charge in [0, 0.05) is 41.4 Å². The topological polar surface area (TPSA) is 241 Å². The van der Waals surface area contributed by atoms with Crippen molar-refractivity contribution < 1.29 is 101 Å². The van der Waals surface area contributed by atoms with Gasteiger partial charge in [-0.1, -0.05) is 69.2 Å². The molecule has 446 valence electrons. The molecule has 0 amide bonds. The summed E-state index contributed by atoms with van der Waals surface area (Å²) >= 11 is 5.93. The molecule has 0 aromatic rings. The van der Waals surface area contributed by atoms with E-state index in [0.29, 0.717) is 81.8 Å². The van der Waals surface area contributed by atoms with Crippen molar-refractivity contribution in [3.8, 4) is 0 Å². The molecule has 76 heavy (non-hydrogen) atoms. The van der Waals surface area contributed by atoms with E-state index in [1.807, 2.05) is 54.5 Å². The van der Waals surface area contributed by atoms with Crippen molar-refractivity contribution in [2.24, 2.45) is 41.4 Å². The summed E-state index contributed by atoms with van der Waals surface area (Å²) in [4.78, 5) is 0. The highest BCUT2D eigenvalue weighted by Gasteiger charge is 2.46. The van der Waals surface area contributed by atoms with Gasteiger partial charge in [0.25, 0.3) is 6.48 Å². The summed E-state index contributed by atoms with van der Waals surface area (Å²) < 4.78 is 93.4. The molecular weight excluding hydrogens is 1030 g/mol. The van der Waals surface area contributed by atoms with Crippen molar-refractivity contribution in [1.82, 2.24) is 0 Å². The third-order valence-electron chi connectivity index (χ3n) is 15.8. The van der Waals surface area contributed by atoms with Gasteiger partial charge in [-0.05, 0) is 25.3 Å². The first-order chi connectivity index (χ1) is 36.2. The fourth-order valence-corrected chi connectivity index (χ4v) is 10.9. The molecule has 12 aliphatic heterocycles. The Balaban J connectivity index is 0.000000161. The van der Waals surface area contributed by atoms with Crippen molar-refractivity contribution in [3.63, 3.8) is 0 Å². The maximum Gasteiger partial charge on any atom is 0.269 e. The molecule has 1 unspecified atom stereocenters. The predicted octanol–water partition coefficient (Wildman–Crippen LogP) is 3.89. The Labute approximate surface area is 454 Å². The Hall–Kier alpha value is -1.03. The summed E-state index contributed by atoms with van der Waals surface area (Å²) in [5.74, 6) is 2.49. The third kappa shape index (κ3) is 18.2. The molecule has 0 spiro atoms. The number of hydrogen-bond donors (Lipinski definition) is 6. The molecule has 0 aliphatic carbocycles. The van der Waals surface area contributed by atoms with Crippen LogP contribution in [0.2, 0.25) is 0 Å². The fourth-order valence-electron chi connectivity index (χ4n) is 10.6. The van der Waals surface area contributed by atoms with Crippen LogP contribution in [0, 0.1) is 41.4 Å². The van der Waals surface area contributed by atoms with Gasteiger partial charge >= 0.3 is 0 Å². The number of hydrogen-bond acceptors (Lipinski definition) is 19. The van der Waals surface area contributed by atoms with Crippen LogP contribution in [0.5, 0.6) is 0 Å². The highest BCUT2D eigenvalue weighted by atomic mass is 35.5. The summed E-state index contributed by atoms with van der Waals surface area (Å²) in [5, 5.41) is 54.2. The lowest BCUT2D eigenvalue weighted by Gasteiger charge is -2.29. The lowest BCUT2D eigenvalue weighted by atomic mass is 10.0. The van der Waals surface area contributed by atoms with Crippen molar-refractivity contribution in [2.75, 3.05) is 79.3 Å². The van der Waals surface area contributed by atoms with Gasteiger partial charge in [0.1, 0.15) is 55.0 Å². The third-order valence-corrected chi connectivity index (χ3v) is 16.1. The zero-order valence-corrected chi connectivity index (χ0v) is 47.2. The Bertz CT molecular complexity index is 1480. The van der Waals surface area contributed by atoms with Gasteiger partial charge < -0.3 is 92.2 Å². The minimum Gasteiger partial charge on any atom is -0.495 e. The molecule has 0 aromatic heterocycles. The second-order valence-corrected chi connectivity index (χ2v) is 22.8. The molecule has 0 saturated carbocycles. The summed E-state index contributed by atoms with van der Waals surface area (Å²) in [6.45, 7) is 25.6. The molecule has 19 nitrogen and oxygen atoms in total. The zero-order chi connectivity index (χ0) is 55.8. The highest BCUT2D eigenvalue weighted by molar-refractivity contribution is 6.21. The molecular formula is C54H95ClF2O19. The van der Waals surface area contributed by atoms with E-state index in [2.05, 4.69) is 20.8 Å². The number of fused-ring (bicyclic) bond motifs is 4. The van der Waals surface area contributed by atoms with Gasteiger partial charge in [-0.2, -0.15) is 0 Å². The quantitative estimate of drug-likeness (QED) is 0.219. The summed E-state index contributed by atoms with van der Waals surface area (Å²) in [5.41, 5.74) is 0. The van der Waals surface area contributed by atoms with Gasteiger partial charge in [0.05, 0.1) is 140 Å². The first-order valence-electron chi connectivity index (χ1n) is 27.9. The van der Waals surface area contributed by atoms with Gasteiger partial charge in [0.15, 0.2) is 6.17 Å². The van der Waals surface area contributed by atoms with E-state index in [1.54, 1.807) is 6.26 Å². The maximum atomic E-state index is 12.9. The first-order valence-corrected chi connectivity index (χ1v) is 28.4. The SMILES string of the molecule is CC[C@H]1OC[C@@H](C)[C@@H]1F.CC[C@H]1OC[C@@H](C)[C@H]1O.CC[C@H]1OC[C@@H](O)[C@@H]1F.C[C@@H]1CO[C@@H]2C=CO[C@H]12.C[C@@H]1CO[C@@H]2COC(O)O[C@H]12.C[C@@H]1CO[C@H](CO)[C@@H]1O.C[C@@H]1CO[C@H]2[C@@H]1OC[C@@H]2Cl.C[C@@H]1CO[C@H]2[C@@H]1OC[C@H]2O. The number of alkyl halides is 3. The minimum atomic E-state index is -1.17. The Morgan fingerprint density at radius 1 is 0.434 bits per heavy atom. The average Bonchev–Trinajstić information content (AvgIpc) is 4.29. The molecule has 12 heterocycles. The molecule has 0 bridgehead atoms. The molecule has 0 radical (unpaired) electrons. The monoisotopic (exact) mass is 1120 g/mol. The Morgan fingerprint density at radius 3 is 1.36 bits per heavy atom. The van der Waals surface area contributed by atoms with Crippen molar-refractivity contribution in [3.05, 3.63) is 12.3 Å². The highest BCUT2D eigenvalue weighted by Crippen LogP contribution is 2.34. The summed E-state index contributed by atoms with van der Waals surface area (Å²) in [7, 11) is 0. The van der Waals surface area contributed by atoms with Crippen LogP contribution < -0.4 is 0 Å². The standard InChI is InChI=1S/C7H11ClO2.C7H13FO.C7H12O4.C7H12O3.C7H10O2.C7H14O2.C6H11FO2.C6H12O3/c1-4-2-9-7-5(8)3-10-6(4)7;1-3-6-7(8)5(2)4-9-6;1-4-2-9-5-3-10-7(8)11-6(4)5;1-4-2-9-7-5(8)3-10-6(4)7;1-5-4-9-6-2-3-8-7(5)6;1-3-6-7(8)5(2)4-9-6;1-2-5-6(7)4(8)3-9-5;1-4-3-9-5(2-7)6(4)8/h4-7H,2-3H2,1H3;5-7H,3-4H2,1-2H3;4-8H,2-3H2,1H3;4-8H,2-3H2,1H3;2-3,5-7H,4H2,1H3;5-8H,3-4H2,1-2H3;4-6,8H,2-3H2,1H3;4-8H,2-3H2,1H3/t4-,5+,6-,7-;5-,6-,7+;4-,5-,6-,7?;4-,5-,6-,7-;2*5-,6-,7-;4-,5-,6+;4-,5-,6-/m11111111/s1. The molecule has 11 saturated heterocycles. The van der Waals surface area contributed by atoms with E-state index >= 15 is 0 Å². The van der Waals surface area contributed by atoms with E-state index in [-0.39, 0.29) is 104 Å². The van der Waals surface area contributed by atoms with Gasteiger partial charge in [-0.15, -0.1) is 11.6 Å². The second-order valence-electron chi connectivity index (χ2n) is 22.3. The van der Waals surface area contributed by atoms with Crippen LogP contribution in [0.15, 0.2) is 12.3 Å². The fraction of sp³-hybridized carbons (Fsp3) is 0.963. The zero-order valence-electron chi connectivity index (χ0n) is 46.5. The summed E-state index contributed by atoms with van der Waals surface area (Å²) in [6.07, 6.45) is 2.57. The number of ether oxygens (including phenoxy) is 13. The van der Waals surface area contributed by atoms with E-state index in [4.69, 9.17) is 88.5 Å². The summed E-state index contributed by atoms with van der Waals surface area (Å²) in [6, 6.07) is 0. The normalized spacial score (nSPS) is 47.6. The van der Waals surface area contributed by atoms with Crippen molar-refractivity contribution in [2.45, 2.75) is 210 Å². The second kappa shape index (κ2) is 32.6. The Morgan fingerprint density at radius 2 is 0.895 bits per heavy atom. The molecule has 12 rings (SSSR count). The van der Waals surface area contributed by atoms with E-state index in [1.165, 1.54) is 0 Å². The predicted molar refractivity (Wildman–Crippen MR) is 274 cm³/mol. The van der Waals surface area contributed by atoms with Crippen LogP contribution in [-0.4, -0.2) is 232 Å². The first kappa shape index (κ1) is 65.8. The smallest absolute Gasteiger partial charge is 0.269 e. The molecule has 27 atom stereocenters. The van der Waals surface area contributed by atoms with E-state index in [0.717, 1.165) is 39.3 Å². The molecule has 0 aromatic carbocycles. The largest absolute Gasteiger partial charge is 0.495 e. The lowest BCUT2D eigenvalue weighted by molar-refractivity contribution is -0.329. The lowest BCUT2D eigenvalue weighted by Crippen LogP contribution is -2.43. The van der Waals surface area contributed by atoms with E-state index in [9.17, 15) is 24.1 Å². The van der Waals surface area contributed by atoms with Crippen LogP contribution in [0.4, 0.5) is 8.78 Å². The molecule has 6 N–H and O–H groups in total. The van der Waals surface area contributed by atoms with Gasteiger partial charge in [-0.3, -0.25) is 0 Å². The maximum absolute atomic E-state index is 12.9. The minimum absolute atomic E-state index is 0.0127. The van der Waals surface area contributed by atoms with Crippen LogP contribution in [0.3, 0.4) is 0 Å². The van der Waals surface area contributed by atoms with E-state index < -0.39 is 37.1 Å². The molecule has 11 fully saturated rings. The van der Waals surface area contributed by atoms with Gasteiger partial charge in [0.2, 0.25) is 0 Å². The van der Waals surface area contributed by atoms with Crippen LogP contribution in [-0.2, 0) is 61.6 Å². The van der Waals surface area contributed by atoms with Crippen LogP contribution in [0.1, 0.15) is 88.5 Å².